The lowest BCUT2D eigenvalue weighted by atomic mass is 9.87. The topological polar surface area (TPSA) is 50.8 Å². The summed E-state index contributed by atoms with van der Waals surface area (Å²) in [5.41, 5.74) is 4.06. The minimum Gasteiger partial charge on any atom is -0.484 e. The zero-order valence-electron chi connectivity index (χ0n) is 14.4. The van der Waals surface area contributed by atoms with E-state index >= 15 is 0 Å². The van der Waals surface area contributed by atoms with Gasteiger partial charge in [0.1, 0.15) is 16.7 Å². The highest BCUT2D eigenvalue weighted by Gasteiger charge is 2.18. The standard InChI is InChI=1S/C16H22N2O3S3/c1-11-14(22-10-20-11)17-21-15(19)18(5)24-23-13-8-6-12(7-9-13)16(2,3)4/h6-9,17H,10H2,1-5H3. The first-order valence-electron chi connectivity index (χ1n) is 7.39. The molecule has 132 valence electrons. The first-order valence-corrected chi connectivity index (χ1v) is 10.5. The zero-order chi connectivity index (χ0) is 17.7. The Balaban J connectivity index is 1.78. The van der Waals surface area contributed by atoms with E-state index in [4.69, 9.17) is 9.57 Å². The Labute approximate surface area is 155 Å². The Morgan fingerprint density at radius 2 is 2.00 bits per heavy atom. The number of hydroxylamine groups is 1. The van der Waals surface area contributed by atoms with Gasteiger partial charge in [-0.2, -0.15) is 0 Å². The molecule has 1 aromatic rings. The zero-order valence-corrected chi connectivity index (χ0v) is 16.9. The third-order valence-electron chi connectivity index (χ3n) is 3.25. The van der Waals surface area contributed by atoms with Crippen LogP contribution >= 0.6 is 33.5 Å². The minimum absolute atomic E-state index is 0.136. The minimum atomic E-state index is -0.466. The fourth-order valence-corrected chi connectivity index (χ4v) is 4.11. The molecule has 1 aliphatic heterocycles. The molecule has 8 heteroatoms. The van der Waals surface area contributed by atoms with Crippen LogP contribution in [0.3, 0.4) is 0 Å². The van der Waals surface area contributed by atoms with Crippen LogP contribution < -0.4 is 5.48 Å². The van der Waals surface area contributed by atoms with Gasteiger partial charge in [-0.25, -0.2) is 14.6 Å². The van der Waals surface area contributed by atoms with E-state index in [2.05, 4.69) is 50.5 Å². The molecule has 1 aliphatic rings. The van der Waals surface area contributed by atoms with Crippen molar-refractivity contribution in [2.45, 2.75) is 38.0 Å². The van der Waals surface area contributed by atoms with Gasteiger partial charge in [0.15, 0.2) is 0 Å². The number of carbonyl (C=O) groups excluding carboxylic acids is 1. The van der Waals surface area contributed by atoms with Gasteiger partial charge in [-0.1, -0.05) is 44.7 Å². The molecule has 0 unspecified atom stereocenters. The smallest absolute Gasteiger partial charge is 0.444 e. The second-order valence-electron chi connectivity index (χ2n) is 6.19. The molecule has 0 aromatic heterocycles. The molecule has 0 radical (unpaired) electrons. The molecule has 0 fully saturated rings. The van der Waals surface area contributed by atoms with Crippen molar-refractivity contribution in [1.29, 1.82) is 0 Å². The number of hydrogen-bond donors (Lipinski definition) is 1. The first-order chi connectivity index (χ1) is 11.3. The van der Waals surface area contributed by atoms with Gasteiger partial charge in [-0.15, -0.1) is 0 Å². The van der Waals surface area contributed by atoms with E-state index in [1.807, 2.05) is 6.92 Å². The van der Waals surface area contributed by atoms with Crippen LogP contribution in [0.2, 0.25) is 0 Å². The number of thioether (sulfide) groups is 1. The normalized spacial score (nSPS) is 14.4. The predicted octanol–water partition coefficient (Wildman–Crippen LogP) is 5.12. The Morgan fingerprint density at radius 1 is 1.33 bits per heavy atom. The molecule has 24 heavy (non-hydrogen) atoms. The fourth-order valence-electron chi connectivity index (χ4n) is 1.74. The number of nitrogens with zero attached hydrogens (tertiary/aromatic N) is 1. The summed E-state index contributed by atoms with van der Waals surface area (Å²) in [6.45, 7) is 8.38. The number of hydrogen-bond acceptors (Lipinski definition) is 7. The Morgan fingerprint density at radius 3 is 2.54 bits per heavy atom. The van der Waals surface area contributed by atoms with Crippen molar-refractivity contribution in [1.82, 2.24) is 9.79 Å². The number of ether oxygens (including phenoxy) is 1. The van der Waals surface area contributed by atoms with Crippen molar-refractivity contribution in [3.8, 4) is 0 Å². The van der Waals surface area contributed by atoms with Gasteiger partial charge >= 0.3 is 6.09 Å². The van der Waals surface area contributed by atoms with Crippen LogP contribution in [-0.4, -0.2) is 23.4 Å². The quantitative estimate of drug-likeness (QED) is 0.428. The molecule has 0 saturated heterocycles. The summed E-state index contributed by atoms with van der Waals surface area (Å²) in [5, 5.41) is 0.729. The molecule has 1 N–H and O–H groups in total. The largest absolute Gasteiger partial charge is 0.484 e. The molecule has 1 heterocycles. The molecule has 0 bridgehead atoms. The molecule has 2 rings (SSSR count). The van der Waals surface area contributed by atoms with Crippen molar-refractivity contribution in [3.63, 3.8) is 0 Å². The fraction of sp³-hybridized carbons (Fsp3) is 0.438. The monoisotopic (exact) mass is 386 g/mol. The van der Waals surface area contributed by atoms with Gasteiger partial charge in [-0.05, 0) is 40.8 Å². The lowest BCUT2D eigenvalue weighted by Gasteiger charge is -2.19. The Hall–Kier alpha value is -1.12. The molecule has 0 spiro atoms. The Bertz CT molecular complexity index is 612. The van der Waals surface area contributed by atoms with Crippen LogP contribution in [-0.2, 0) is 15.0 Å². The lowest BCUT2D eigenvalue weighted by molar-refractivity contribution is 0.0958. The van der Waals surface area contributed by atoms with Crippen LogP contribution in [0.4, 0.5) is 4.79 Å². The summed E-state index contributed by atoms with van der Waals surface area (Å²) in [4.78, 5) is 18.1. The van der Waals surface area contributed by atoms with Gasteiger partial charge < -0.3 is 9.57 Å². The lowest BCUT2D eigenvalue weighted by Crippen LogP contribution is -2.26. The number of amides is 1. The number of allylic oxidation sites excluding steroid dienone is 1. The van der Waals surface area contributed by atoms with E-state index in [1.165, 1.54) is 43.4 Å². The Kier molecular flexibility index (Phi) is 6.65. The van der Waals surface area contributed by atoms with Gasteiger partial charge in [0.05, 0.1) is 0 Å². The predicted molar refractivity (Wildman–Crippen MR) is 102 cm³/mol. The summed E-state index contributed by atoms with van der Waals surface area (Å²) in [7, 11) is 4.49. The SMILES string of the molecule is CC1=C(NOC(=O)N(C)SSc2ccc(C(C)(C)C)cc2)SCO1. The summed E-state index contributed by atoms with van der Waals surface area (Å²) >= 11 is 1.46. The number of nitrogens with one attached hydrogen (secondary N) is 1. The van der Waals surface area contributed by atoms with E-state index in [9.17, 15) is 4.79 Å². The molecular formula is C16H22N2O3S3. The molecule has 5 nitrogen and oxygen atoms in total. The highest BCUT2D eigenvalue weighted by Crippen LogP contribution is 2.34. The number of rotatable bonds is 5. The summed E-state index contributed by atoms with van der Waals surface area (Å²) < 4.78 is 6.70. The van der Waals surface area contributed by atoms with Crippen LogP contribution in [0.15, 0.2) is 39.9 Å². The third kappa shape index (κ3) is 5.46. The maximum absolute atomic E-state index is 11.9. The third-order valence-corrected chi connectivity index (χ3v) is 6.53. The highest BCUT2D eigenvalue weighted by molar-refractivity contribution is 8.75. The second kappa shape index (κ2) is 8.31. The molecular weight excluding hydrogens is 364 g/mol. The highest BCUT2D eigenvalue weighted by atomic mass is 33.1. The molecule has 0 atom stereocenters. The summed E-state index contributed by atoms with van der Waals surface area (Å²) in [6, 6.07) is 8.37. The average molecular weight is 387 g/mol. The number of carbonyl (C=O) groups is 1. The number of benzene rings is 1. The van der Waals surface area contributed by atoms with Crippen molar-refractivity contribution in [3.05, 3.63) is 40.6 Å². The van der Waals surface area contributed by atoms with E-state index in [1.54, 1.807) is 7.05 Å². The first kappa shape index (κ1) is 19.2. The van der Waals surface area contributed by atoms with Crippen molar-refractivity contribution < 1.29 is 14.4 Å². The van der Waals surface area contributed by atoms with Crippen molar-refractivity contribution >= 4 is 39.6 Å². The molecule has 0 aliphatic carbocycles. The van der Waals surface area contributed by atoms with E-state index in [-0.39, 0.29) is 5.41 Å². The van der Waals surface area contributed by atoms with Gasteiger partial charge in [0.25, 0.3) is 0 Å². The molecule has 1 aromatic carbocycles. The van der Waals surface area contributed by atoms with Gasteiger partial charge in [0.2, 0.25) is 0 Å². The van der Waals surface area contributed by atoms with Crippen LogP contribution in [0.1, 0.15) is 33.3 Å². The van der Waals surface area contributed by atoms with E-state index < -0.39 is 6.09 Å². The van der Waals surface area contributed by atoms with Crippen LogP contribution in [0.5, 0.6) is 0 Å². The molecule has 0 saturated carbocycles. The van der Waals surface area contributed by atoms with Gasteiger partial charge in [-0.3, -0.25) is 0 Å². The molecule has 1 amide bonds. The van der Waals surface area contributed by atoms with E-state index in [0.717, 1.165) is 15.7 Å². The van der Waals surface area contributed by atoms with Gasteiger partial charge in [0, 0.05) is 22.9 Å². The summed E-state index contributed by atoms with van der Waals surface area (Å²) in [5.74, 6) is 1.27. The summed E-state index contributed by atoms with van der Waals surface area (Å²) in [6.07, 6.45) is -0.466. The second-order valence-corrected chi connectivity index (χ2v) is 9.41. The van der Waals surface area contributed by atoms with E-state index in [0.29, 0.717) is 5.94 Å². The van der Waals surface area contributed by atoms with Crippen molar-refractivity contribution in [2.24, 2.45) is 0 Å². The van der Waals surface area contributed by atoms with Crippen LogP contribution in [0, 0.1) is 0 Å². The van der Waals surface area contributed by atoms with Crippen LogP contribution in [0.25, 0.3) is 0 Å². The maximum Gasteiger partial charge on any atom is 0.444 e. The average Bonchev–Trinajstić information content (AvgIpc) is 2.95. The van der Waals surface area contributed by atoms with Crippen molar-refractivity contribution in [2.75, 3.05) is 13.0 Å². The maximum atomic E-state index is 11.9.